The minimum atomic E-state index is -3.66. The average Bonchev–Trinajstić information content (AvgIpc) is 2.66. The number of nitrogens with zero attached hydrogens (tertiary/aromatic N) is 1. The van der Waals surface area contributed by atoms with Gasteiger partial charge in [0.2, 0.25) is 15.9 Å². The summed E-state index contributed by atoms with van der Waals surface area (Å²) in [5, 5.41) is 3.05. The molecule has 0 unspecified atom stereocenters. The molecule has 2 atom stereocenters. The monoisotopic (exact) mass is 432 g/mol. The largest absolute Gasteiger partial charge is 0.497 e. The summed E-state index contributed by atoms with van der Waals surface area (Å²) in [6, 6.07) is 13.6. The molecule has 0 aliphatic carbocycles. The molecule has 0 aliphatic heterocycles. The Morgan fingerprint density at radius 3 is 2.23 bits per heavy atom. The van der Waals surface area contributed by atoms with E-state index in [1.54, 1.807) is 32.2 Å². The lowest BCUT2D eigenvalue weighted by atomic mass is 9.96. The van der Waals surface area contributed by atoms with Crippen molar-refractivity contribution < 1.29 is 17.9 Å². The molecule has 0 saturated heterocycles. The molecule has 2 aromatic rings. The van der Waals surface area contributed by atoms with E-state index in [0.717, 1.165) is 29.6 Å². The zero-order chi connectivity index (χ0) is 22.5. The molecule has 2 rings (SSSR count). The summed E-state index contributed by atoms with van der Waals surface area (Å²) >= 11 is 0. The highest BCUT2D eigenvalue weighted by atomic mass is 32.2. The van der Waals surface area contributed by atoms with Gasteiger partial charge in [-0.25, -0.2) is 8.42 Å². The fraction of sp³-hybridized carbons (Fsp3) is 0.435. The van der Waals surface area contributed by atoms with Crippen LogP contribution in [0.2, 0.25) is 0 Å². The van der Waals surface area contributed by atoms with E-state index in [9.17, 15) is 13.2 Å². The first kappa shape index (κ1) is 23.7. The number of anilines is 1. The fourth-order valence-corrected chi connectivity index (χ4v) is 4.62. The van der Waals surface area contributed by atoms with Gasteiger partial charge >= 0.3 is 0 Å². The van der Waals surface area contributed by atoms with Crippen LogP contribution in [0.4, 0.5) is 5.69 Å². The van der Waals surface area contributed by atoms with Gasteiger partial charge in [-0.2, -0.15) is 0 Å². The van der Waals surface area contributed by atoms with E-state index in [1.165, 1.54) is 4.31 Å². The van der Waals surface area contributed by atoms with Crippen molar-refractivity contribution in [2.45, 2.75) is 46.2 Å². The third kappa shape index (κ3) is 6.23. The standard InChI is InChI=1S/C23H32N2O4S/c1-16(2)14-22(19-10-12-21(29-5)13-11-19)24-23(26)18(4)25(30(6,27)28)20-9-7-8-17(3)15-20/h7-13,15-16,18,22H,14H2,1-6H3,(H,24,26)/t18-,22+/m0/s1. The maximum atomic E-state index is 13.1. The minimum Gasteiger partial charge on any atom is -0.497 e. The van der Waals surface area contributed by atoms with Crippen LogP contribution in [0.1, 0.15) is 44.4 Å². The number of benzene rings is 2. The van der Waals surface area contributed by atoms with E-state index < -0.39 is 16.1 Å². The molecular weight excluding hydrogens is 400 g/mol. The first-order valence-corrected chi connectivity index (χ1v) is 11.9. The van der Waals surface area contributed by atoms with E-state index in [2.05, 4.69) is 19.2 Å². The van der Waals surface area contributed by atoms with Gasteiger partial charge in [0, 0.05) is 0 Å². The molecule has 0 bridgehead atoms. The molecule has 164 valence electrons. The predicted octanol–water partition coefficient (Wildman–Crippen LogP) is 4.06. The smallest absolute Gasteiger partial charge is 0.244 e. The lowest BCUT2D eigenvalue weighted by Crippen LogP contribution is -2.48. The van der Waals surface area contributed by atoms with Crippen LogP contribution in [0.3, 0.4) is 0 Å². The summed E-state index contributed by atoms with van der Waals surface area (Å²) < 4.78 is 31.4. The molecule has 30 heavy (non-hydrogen) atoms. The quantitative estimate of drug-likeness (QED) is 0.648. The summed E-state index contributed by atoms with van der Waals surface area (Å²) in [4.78, 5) is 13.1. The van der Waals surface area contributed by atoms with Gasteiger partial charge < -0.3 is 10.1 Å². The second kappa shape index (κ2) is 9.98. The van der Waals surface area contributed by atoms with E-state index in [4.69, 9.17) is 4.74 Å². The highest BCUT2D eigenvalue weighted by Crippen LogP contribution is 2.26. The normalized spacial score (nSPS) is 13.6. The number of aryl methyl sites for hydroxylation is 1. The second-order valence-corrected chi connectivity index (χ2v) is 9.90. The van der Waals surface area contributed by atoms with E-state index >= 15 is 0 Å². The van der Waals surface area contributed by atoms with Crippen molar-refractivity contribution in [3.05, 3.63) is 59.7 Å². The molecule has 0 heterocycles. The van der Waals surface area contributed by atoms with Crippen molar-refractivity contribution in [2.75, 3.05) is 17.7 Å². The first-order valence-electron chi connectivity index (χ1n) is 10.0. The van der Waals surface area contributed by atoms with Gasteiger partial charge in [-0.3, -0.25) is 9.10 Å². The topological polar surface area (TPSA) is 75.7 Å². The van der Waals surface area contributed by atoms with Crippen molar-refractivity contribution in [3.8, 4) is 5.75 Å². The van der Waals surface area contributed by atoms with Gasteiger partial charge in [0.25, 0.3) is 0 Å². The van der Waals surface area contributed by atoms with Crippen molar-refractivity contribution in [2.24, 2.45) is 5.92 Å². The maximum Gasteiger partial charge on any atom is 0.244 e. The Kier molecular flexibility index (Phi) is 7.89. The Bertz CT molecular complexity index is 955. The van der Waals surface area contributed by atoms with E-state index in [0.29, 0.717) is 11.6 Å². The summed E-state index contributed by atoms with van der Waals surface area (Å²) in [6.07, 6.45) is 1.85. The van der Waals surface area contributed by atoms with Crippen molar-refractivity contribution in [3.63, 3.8) is 0 Å². The van der Waals surface area contributed by atoms with E-state index in [1.807, 2.05) is 37.3 Å². The van der Waals surface area contributed by atoms with Gasteiger partial charge in [-0.05, 0) is 61.6 Å². The Hall–Kier alpha value is -2.54. The van der Waals surface area contributed by atoms with Crippen LogP contribution < -0.4 is 14.4 Å². The number of ether oxygens (including phenoxy) is 1. The zero-order valence-corrected chi connectivity index (χ0v) is 19.4. The summed E-state index contributed by atoms with van der Waals surface area (Å²) in [5.74, 6) is 0.739. The third-order valence-corrected chi connectivity index (χ3v) is 6.13. The molecule has 2 aromatic carbocycles. The summed E-state index contributed by atoms with van der Waals surface area (Å²) in [6.45, 7) is 7.67. The molecule has 1 N–H and O–H groups in total. The van der Waals surface area contributed by atoms with Crippen LogP contribution in [0, 0.1) is 12.8 Å². The molecule has 0 fully saturated rings. The van der Waals surface area contributed by atoms with E-state index in [-0.39, 0.29) is 11.9 Å². The highest BCUT2D eigenvalue weighted by Gasteiger charge is 2.30. The summed E-state index contributed by atoms with van der Waals surface area (Å²) in [5.41, 5.74) is 2.35. The van der Waals surface area contributed by atoms with Gasteiger partial charge in [0.05, 0.1) is 25.1 Å². The molecule has 0 saturated carbocycles. The Balaban J connectivity index is 2.31. The highest BCUT2D eigenvalue weighted by molar-refractivity contribution is 7.92. The molecule has 0 aromatic heterocycles. The minimum absolute atomic E-state index is 0.232. The zero-order valence-electron chi connectivity index (χ0n) is 18.5. The SMILES string of the molecule is COc1ccc([C@@H](CC(C)C)NC(=O)[C@H](C)N(c2cccc(C)c2)S(C)(=O)=O)cc1. The molecule has 7 heteroatoms. The summed E-state index contributed by atoms with van der Waals surface area (Å²) in [7, 11) is -2.05. The number of rotatable bonds is 9. The number of methoxy groups -OCH3 is 1. The number of carbonyl (C=O) groups excluding carboxylic acids is 1. The molecule has 0 radical (unpaired) electrons. The van der Waals surface area contributed by atoms with Crippen LogP contribution in [0.15, 0.2) is 48.5 Å². The molecule has 0 aliphatic rings. The fourth-order valence-electron chi connectivity index (χ4n) is 3.45. The average molecular weight is 433 g/mol. The van der Waals surface area contributed by atoms with Gasteiger partial charge in [-0.15, -0.1) is 0 Å². The van der Waals surface area contributed by atoms with Gasteiger partial charge in [0.1, 0.15) is 11.8 Å². The first-order chi connectivity index (χ1) is 14.0. The predicted molar refractivity (Wildman–Crippen MR) is 121 cm³/mol. The van der Waals surface area contributed by atoms with Crippen LogP contribution >= 0.6 is 0 Å². The number of hydrogen-bond acceptors (Lipinski definition) is 4. The molecule has 0 spiro atoms. The lowest BCUT2D eigenvalue weighted by Gasteiger charge is -2.30. The molecule has 6 nitrogen and oxygen atoms in total. The van der Waals surface area contributed by atoms with Crippen LogP contribution in [-0.2, 0) is 14.8 Å². The van der Waals surface area contributed by atoms with Crippen molar-refractivity contribution >= 4 is 21.6 Å². The Labute approximate surface area is 180 Å². The number of amides is 1. The lowest BCUT2D eigenvalue weighted by molar-refractivity contribution is -0.122. The van der Waals surface area contributed by atoms with Gasteiger partial charge in [0.15, 0.2) is 0 Å². The second-order valence-electron chi connectivity index (χ2n) is 8.04. The van der Waals surface area contributed by atoms with Crippen molar-refractivity contribution in [1.29, 1.82) is 0 Å². The van der Waals surface area contributed by atoms with Crippen LogP contribution in [0.25, 0.3) is 0 Å². The van der Waals surface area contributed by atoms with Crippen LogP contribution in [0.5, 0.6) is 5.75 Å². The number of hydrogen-bond donors (Lipinski definition) is 1. The third-order valence-electron chi connectivity index (χ3n) is 4.89. The number of nitrogens with one attached hydrogen (secondary N) is 1. The van der Waals surface area contributed by atoms with Gasteiger partial charge in [-0.1, -0.05) is 38.1 Å². The van der Waals surface area contributed by atoms with Crippen molar-refractivity contribution in [1.82, 2.24) is 5.32 Å². The molecular formula is C23H32N2O4S. The Morgan fingerprint density at radius 2 is 1.73 bits per heavy atom. The maximum absolute atomic E-state index is 13.1. The number of carbonyl (C=O) groups is 1. The molecule has 1 amide bonds. The Morgan fingerprint density at radius 1 is 1.10 bits per heavy atom. The number of sulfonamides is 1. The van der Waals surface area contributed by atoms with Crippen LogP contribution in [-0.4, -0.2) is 33.7 Å².